The van der Waals surface area contributed by atoms with Gasteiger partial charge >= 0.3 is 5.97 Å². The number of nitrogens with two attached hydrogens (primary N) is 1. The second-order valence-electron chi connectivity index (χ2n) is 9.11. The number of hydrogen-bond acceptors (Lipinski definition) is 6. The van der Waals surface area contributed by atoms with Crippen LogP contribution in [0.5, 0.6) is 11.5 Å². The largest absolute Gasteiger partial charge is 0.490 e. The molecule has 0 aromatic heterocycles. The van der Waals surface area contributed by atoms with Crippen molar-refractivity contribution in [2.75, 3.05) is 26.3 Å². The Morgan fingerprint density at radius 1 is 0.973 bits per heavy atom. The molecule has 37 heavy (non-hydrogen) atoms. The topological polar surface area (TPSA) is 131 Å². The van der Waals surface area contributed by atoms with Gasteiger partial charge in [0, 0.05) is 36.4 Å². The van der Waals surface area contributed by atoms with Crippen molar-refractivity contribution in [1.82, 2.24) is 10.2 Å². The fourth-order valence-corrected chi connectivity index (χ4v) is 5.01. The number of carboxylic acids is 1. The van der Waals surface area contributed by atoms with Crippen molar-refractivity contribution < 1.29 is 29.0 Å². The number of fused-ring (bicyclic) bond motifs is 2. The molecule has 4 N–H and O–H groups in total. The van der Waals surface area contributed by atoms with Crippen LogP contribution in [0.25, 0.3) is 5.57 Å². The van der Waals surface area contributed by atoms with Gasteiger partial charge in [0.15, 0.2) is 0 Å². The molecule has 2 amide bonds. The van der Waals surface area contributed by atoms with Crippen LogP contribution >= 0.6 is 15.9 Å². The number of aliphatic carboxylic acids is 1. The van der Waals surface area contributed by atoms with Gasteiger partial charge in [0.2, 0.25) is 11.8 Å². The maximum absolute atomic E-state index is 12.6. The molecule has 9 nitrogen and oxygen atoms in total. The molecule has 196 valence electrons. The number of carbonyl (C=O) groups excluding carboxylic acids is 2. The highest BCUT2D eigenvalue weighted by Gasteiger charge is 2.39. The third-order valence-corrected chi connectivity index (χ3v) is 6.97. The lowest BCUT2D eigenvalue weighted by molar-refractivity contribution is -0.136. The Kier molecular flexibility index (Phi) is 8.83. The summed E-state index contributed by atoms with van der Waals surface area (Å²) in [4.78, 5) is 37.5. The van der Waals surface area contributed by atoms with Gasteiger partial charge in [-0.2, -0.15) is 0 Å². The summed E-state index contributed by atoms with van der Waals surface area (Å²) in [6.45, 7) is 1.53. The van der Waals surface area contributed by atoms with E-state index in [1.54, 1.807) is 4.90 Å². The van der Waals surface area contributed by atoms with Crippen molar-refractivity contribution in [2.24, 2.45) is 5.73 Å². The fraction of sp³-hybridized carbons (Fsp3) is 0.370. The second-order valence-corrected chi connectivity index (χ2v) is 10.0. The molecule has 10 heteroatoms. The zero-order valence-corrected chi connectivity index (χ0v) is 21.9. The van der Waals surface area contributed by atoms with Crippen LogP contribution in [0.1, 0.15) is 31.2 Å². The predicted octanol–water partition coefficient (Wildman–Crippen LogP) is 2.97. The minimum atomic E-state index is -1.00. The minimum absolute atomic E-state index is 0.0522. The summed E-state index contributed by atoms with van der Waals surface area (Å²) in [5.74, 6) is -0.0905. The lowest BCUT2D eigenvalue weighted by Crippen LogP contribution is -2.61. The molecule has 2 aliphatic heterocycles. The van der Waals surface area contributed by atoms with Crippen molar-refractivity contribution in [3.05, 3.63) is 64.1 Å². The summed E-state index contributed by atoms with van der Waals surface area (Å²) in [5, 5.41) is 13.4. The summed E-state index contributed by atoms with van der Waals surface area (Å²) < 4.78 is 12.4. The highest BCUT2D eigenvalue weighted by atomic mass is 79.9. The van der Waals surface area contributed by atoms with E-state index in [0.717, 1.165) is 21.4 Å². The normalized spacial score (nSPS) is 18.9. The molecule has 2 aromatic rings. The Bertz CT molecular complexity index is 1170. The number of nitrogens with zero attached hydrogens (tertiary/aromatic N) is 1. The van der Waals surface area contributed by atoms with Gasteiger partial charge in [0.05, 0.1) is 11.6 Å². The molecule has 2 bridgehead atoms. The van der Waals surface area contributed by atoms with E-state index in [1.165, 1.54) is 0 Å². The number of carbonyl (C=O) groups is 3. The smallest absolute Gasteiger partial charge is 0.333 e. The highest BCUT2D eigenvalue weighted by molar-refractivity contribution is 9.10. The summed E-state index contributed by atoms with van der Waals surface area (Å²) in [6.07, 6.45) is 1.26. The second kappa shape index (κ2) is 12.2. The van der Waals surface area contributed by atoms with Crippen molar-refractivity contribution in [1.29, 1.82) is 0 Å². The number of primary amides is 1. The summed E-state index contributed by atoms with van der Waals surface area (Å²) in [5.41, 5.74) is 7.04. The van der Waals surface area contributed by atoms with Crippen molar-refractivity contribution in [3.8, 4) is 11.5 Å². The Hall–Kier alpha value is -3.37. The first-order valence-corrected chi connectivity index (χ1v) is 13.0. The van der Waals surface area contributed by atoms with Crippen LogP contribution in [-0.4, -0.2) is 66.2 Å². The van der Waals surface area contributed by atoms with Crippen molar-refractivity contribution in [3.63, 3.8) is 0 Å². The summed E-state index contributed by atoms with van der Waals surface area (Å²) in [6, 6.07) is 14.4. The maximum Gasteiger partial charge on any atom is 0.333 e. The summed E-state index contributed by atoms with van der Waals surface area (Å²) >= 11 is 3.39. The lowest BCUT2D eigenvalue weighted by atomic mass is 9.83. The number of hydrogen-bond donors (Lipinski definition) is 3. The lowest BCUT2D eigenvalue weighted by Gasteiger charge is -2.43. The number of benzene rings is 2. The van der Waals surface area contributed by atoms with Gasteiger partial charge in [-0.1, -0.05) is 28.1 Å². The number of carboxylic acid groups (broad SMARTS) is 1. The Balaban J connectivity index is 1.37. The number of amides is 2. The first-order valence-electron chi connectivity index (χ1n) is 12.2. The Morgan fingerprint density at radius 3 is 2.19 bits per heavy atom. The van der Waals surface area contributed by atoms with Gasteiger partial charge in [-0.3, -0.25) is 9.59 Å². The van der Waals surface area contributed by atoms with E-state index in [-0.39, 0.29) is 36.9 Å². The number of halogens is 1. The van der Waals surface area contributed by atoms with Crippen LogP contribution in [0.15, 0.2) is 58.6 Å². The van der Waals surface area contributed by atoms with E-state index in [9.17, 15) is 19.5 Å². The van der Waals surface area contributed by atoms with Crippen LogP contribution < -0.4 is 20.5 Å². The van der Waals surface area contributed by atoms with Crippen LogP contribution in [0.3, 0.4) is 0 Å². The van der Waals surface area contributed by atoms with Gasteiger partial charge in [-0.05, 0) is 60.4 Å². The Labute approximate surface area is 223 Å². The van der Waals surface area contributed by atoms with Crippen molar-refractivity contribution in [2.45, 2.75) is 37.8 Å². The SMILES string of the molecule is NC(=O)CCCC(=O)N1CC2CC(c3ccc(OCCOc4ccc(Br)cc4)cc3)=C(C(=O)O)C(C1)N2. The van der Waals surface area contributed by atoms with Crippen LogP contribution in [0, 0.1) is 0 Å². The minimum Gasteiger partial charge on any atom is -0.490 e. The molecule has 2 heterocycles. The van der Waals surface area contributed by atoms with Gasteiger partial charge in [-0.15, -0.1) is 0 Å². The molecule has 2 aromatic carbocycles. The first kappa shape index (κ1) is 26.7. The van der Waals surface area contributed by atoms with Crippen LogP contribution in [0.4, 0.5) is 0 Å². The van der Waals surface area contributed by atoms with E-state index in [0.29, 0.717) is 38.3 Å². The standard InChI is InChI=1S/C27H30BrN3O6/c28-18-6-10-21(11-7-18)37-13-12-36-20-8-4-17(5-9-20)22-14-19-15-31(25(33)3-1-2-24(29)32)16-23(30-19)26(22)27(34)35/h4-11,19,23,30H,1-3,12-16H2,(H2,29,32)(H,34,35). The molecule has 2 atom stereocenters. The molecule has 4 rings (SSSR count). The third kappa shape index (κ3) is 7.11. The fourth-order valence-electron chi connectivity index (χ4n) is 4.74. The van der Waals surface area contributed by atoms with Crippen LogP contribution in [0.2, 0.25) is 0 Å². The summed E-state index contributed by atoms with van der Waals surface area (Å²) in [7, 11) is 0. The molecule has 0 spiro atoms. The van der Waals surface area contributed by atoms with Gasteiger partial charge in [0.25, 0.3) is 0 Å². The van der Waals surface area contributed by atoms with E-state index in [4.69, 9.17) is 15.2 Å². The van der Waals surface area contributed by atoms with Crippen LogP contribution in [-0.2, 0) is 14.4 Å². The average Bonchev–Trinajstić information content (AvgIpc) is 2.87. The van der Waals surface area contributed by atoms with Crippen molar-refractivity contribution >= 4 is 39.3 Å². The van der Waals surface area contributed by atoms with Gasteiger partial charge < -0.3 is 30.5 Å². The number of ether oxygens (including phenoxy) is 2. The molecule has 2 unspecified atom stereocenters. The molecular weight excluding hydrogens is 542 g/mol. The maximum atomic E-state index is 12.6. The number of rotatable bonds is 11. The molecule has 0 aliphatic carbocycles. The quantitative estimate of drug-likeness (QED) is 0.353. The zero-order chi connectivity index (χ0) is 26.4. The molecule has 0 radical (unpaired) electrons. The zero-order valence-electron chi connectivity index (χ0n) is 20.3. The molecule has 2 aliphatic rings. The predicted molar refractivity (Wildman–Crippen MR) is 141 cm³/mol. The third-order valence-electron chi connectivity index (χ3n) is 6.44. The first-order chi connectivity index (χ1) is 17.8. The number of piperazine rings is 1. The molecule has 1 fully saturated rings. The Morgan fingerprint density at radius 2 is 1.59 bits per heavy atom. The van der Waals surface area contributed by atoms with E-state index >= 15 is 0 Å². The average molecular weight is 572 g/mol. The van der Waals surface area contributed by atoms with Gasteiger partial charge in [0.1, 0.15) is 24.7 Å². The number of nitrogens with one attached hydrogen (secondary N) is 1. The monoisotopic (exact) mass is 571 g/mol. The van der Waals surface area contributed by atoms with Gasteiger partial charge in [-0.25, -0.2) is 4.79 Å². The molecular formula is C27H30BrN3O6. The van der Waals surface area contributed by atoms with E-state index in [2.05, 4.69) is 21.2 Å². The molecule has 1 saturated heterocycles. The molecule has 0 saturated carbocycles. The van der Waals surface area contributed by atoms with E-state index < -0.39 is 17.9 Å². The highest BCUT2D eigenvalue weighted by Crippen LogP contribution is 2.34. The van der Waals surface area contributed by atoms with E-state index in [1.807, 2.05) is 48.5 Å².